The number of ether oxygens (including phenoxy) is 4. The molecule has 0 radical (unpaired) electrons. The Hall–Kier alpha value is -0.930. The van der Waals surface area contributed by atoms with Crippen molar-refractivity contribution in [2.24, 2.45) is 0 Å². The van der Waals surface area contributed by atoms with Gasteiger partial charge in [-0.1, -0.05) is 64.7 Å². The molecule has 38 heavy (non-hydrogen) atoms. The second kappa shape index (κ2) is 17.7. The fourth-order valence-electron chi connectivity index (χ4n) is 4.89. The molecule has 2 fully saturated rings. The van der Waals surface area contributed by atoms with Gasteiger partial charge < -0.3 is 54.9 Å². The van der Waals surface area contributed by atoms with E-state index in [2.05, 4.69) is 12.2 Å². The van der Waals surface area contributed by atoms with Gasteiger partial charge in [-0.3, -0.25) is 4.79 Å². The normalized spacial score (nSPS) is 35.8. The van der Waals surface area contributed by atoms with E-state index < -0.39 is 80.5 Å². The Balaban J connectivity index is 1.89. The molecule has 0 aromatic carbocycles. The van der Waals surface area contributed by atoms with Crippen molar-refractivity contribution in [2.45, 2.75) is 139 Å². The number of hydrogen-bond donors (Lipinski definition) is 7. The maximum Gasteiger partial charge on any atom is 0.217 e. The lowest BCUT2D eigenvalue weighted by molar-refractivity contribution is -0.348. The number of rotatable bonds is 17. The largest absolute Gasteiger partial charge is 0.394 e. The van der Waals surface area contributed by atoms with Gasteiger partial charge in [0, 0.05) is 13.5 Å². The lowest BCUT2D eigenvalue weighted by Gasteiger charge is -2.47. The van der Waals surface area contributed by atoms with Crippen LogP contribution in [0.5, 0.6) is 0 Å². The van der Waals surface area contributed by atoms with Crippen LogP contribution in [0, 0.1) is 0 Å². The van der Waals surface area contributed by atoms with Crippen molar-refractivity contribution in [2.75, 3.05) is 19.8 Å². The van der Waals surface area contributed by atoms with Crippen LogP contribution in [0.1, 0.15) is 78.1 Å². The highest BCUT2D eigenvalue weighted by Crippen LogP contribution is 2.29. The second-order valence-corrected chi connectivity index (χ2v) is 10.3. The summed E-state index contributed by atoms with van der Waals surface area (Å²) in [5, 5.41) is 63.3. The molecule has 10 atom stereocenters. The third-order valence-corrected chi connectivity index (χ3v) is 7.14. The molecule has 12 heteroatoms. The first-order valence-electron chi connectivity index (χ1n) is 14.0. The fourth-order valence-corrected chi connectivity index (χ4v) is 4.89. The Bertz CT molecular complexity index is 655. The number of amides is 1. The summed E-state index contributed by atoms with van der Waals surface area (Å²) in [5.41, 5.74) is 0. The molecular formula is C26H49NO11. The third kappa shape index (κ3) is 9.92. The van der Waals surface area contributed by atoms with Crippen LogP contribution < -0.4 is 5.32 Å². The molecule has 2 aliphatic rings. The van der Waals surface area contributed by atoms with E-state index in [0.717, 1.165) is 19.3 Å². The lowest BCUT2D eigenvalue weighted by atomic mass is 9.95. The second-order valence-electron chi connectivity index (χ2n) is 10.3. The van der Waals surface area contributed by atoms with Crippen molar-refractivity contribution in [3.05, 3.63) is 0 Å². The molecule has 0 aromatic heterocycles. The van der Waals surface area contributed by atoms with Crippen LogP contribution in [-0.2, 0) is 23.7 Å². The van der Waals surface area contributed by atoms with E-state index in [1.165, 1.54) is 51.9 Å². The standard InChI is InChI=1S/C26H49NO11/c1-3-4-5-6-7-8-9-10-11-12-13-35-25-19(27-16(2)30)21(32)24(18(15-29)37-25)38-26-23(34)22(33)20(31)17(14-28)36-26/h17-26,28-29,31-34H,3-15H2,1-2H3,(H,27,30)/t17-,18-,19-,20+,21-,22+,23-,24-,25-,26+/m1/s1. The van der Waals surface area contributed by atoms with Crippen molar-refractivity contribution < 1.29 is 54.4 Å². The molecule has 0 aromatic rings. The Kier molecular flexibility index (Phi) is 15.5. The van der Waals surface area contributed by atoms with Gasteiger partial charge in [0.25, 0.3) is 0 Å². The third-order valence-electron chi connectivity index (χ3n) is 7.14. The Morgan fingerprint density at radius 3 is 1.84 bits per heavy atom. The van der Waals surface area contributed by atoms with Crippen LogP contribution in [0.25, 0.3) is 0 Å². The topological polar surface area (TPSA) is 187 Å². The smallest absolute Gasteiger partial charge is 0.217 e. The van der Waals surface area contributed by atoms with Gasteiger partial charge in [0.05, 0.1) is 13.2 Å². The van der Waals surface area contributed by atoms with Crippen molar-refractivity contribution in [1.82, 2.24) is 5.32 Å². The SMILES string of the molecule is CCCCCCCCCCCCO[C@@H]1O[C@H](CO)[C@@H](O[C@@H]2O[C@H](CO)[C@H](O)[C@H](O)[C@H]2O)[C@H](O)[C@H]1NC(C)=O. The molecule has 224 valence electrons. The summed E-state index contributed by atoms with van der Waals surface area (Å²) in [4.78, 5) is 11.8. The van der Waals surface area contributed by atoms with Crippen LogP contribution in [0.15, 0.2) is 0 Å². The van der Waals surface area contributed by atoms with Crippen LogP contribution >= 0.6 is 0 Å². The molecule has 2 saturated heterocycles. The van der Waals surface area contributed by atoms with Crippen molar-refractivity contribution in [3.63, 3.8) is 0 Å². The van der Waals surface area contributed by atoms with Gasteiger partial charge in [-0.2, -0.15) is 0 Å². The van der Waals surface area contributed by atoms with Gasteiger partial charge in [-0.15, -0.1) is 0 Å². The summed E-state index contributed by atoms with van der Waals surface area (Å²) >= 11 is 0. The molecule has 0 aliphatic carbocycles. The van der Waals surface area contributed by atoms with E-state index in [1.54, 1.807) is 0 Å². The first-order chi connectivity index (χ1) is 18.2. The minimum Gasteiger partial charge on any atom is -0.394 e. The van der Waals surface area contributed by atoms with Gasteiger partial charge in [0.15, 0.2) is 12.6 Å². The van der Waals surface area contributed by atoms with Crippen LogP contribution in [0.4, 0.5) is 0 Å². The van der Waals surface area contributed by atoms with Gasteiger partial charge in [0.2, 0.25) is 5.91 Å². The number of aliphatic hydroxyl groups is 6. The Labute approximate surface area is 225 Å². The average Bonchev–Trinajstić information content (AvgIpc) is 2.90. The highest BCUT2D eigenvalue weighted by molar-refractivity contribution is 5.73. The number of carbonyl (C=O) groups excluding carboxylic acids is 1. The summed E-state index contributed by atoms with van der Waals surface area (Å²) in [6.45, 7) is 2.59. The van der Waals surface area contributed by atoms with Crippen molar-refractivity contribution in [3.8, 4) is 0 Å². The van der Waals surface area contributed by atoms with E-state index in [9.17, 15) is 35.4 Å². The molecular weight excluding hydrogens is 502 g/mol. The highest BCUT2D eigenvalue weighted by Gasteiger charge is 2.51. The summed E-state index contributed by atoms with van der Waals surface area (Å²) in [5.74, 6) is -0.445. The van der Waals surface area contributed by atoms with E-state index in [-0.39, 0.29) is 0 Å². The predicted octanol–water partition coefficient (Wildman–Crippen LogP) is -0.308. The zero-order valence-electron chi connectivity index (χ0n) is 22.7. The average molecular weight is 552 g/mol. The molecule has 0 bridgehead atoms. The Morgan fingerprint density at radius 1 is 0.737 bits per heavy atom. The molecule has 2 heterocycles. The van der Waals surface area contributed by atoms with Gasteiger partial charge in [-0.25, -0.2) is 0 Å². The Morgan fingerprint density at radius 2 is 1.29 bits per heavy atom. The van der Waals surface area contributed by atoms with Crippen LogP contribution in [0.2, 0.25) is 0 Å². The molecule has 7 N–H and O–H groups in total. The number of hydrogen-bond acceptors (Lipinski definition) is 11. The number of aliphatic hydroxyl groups excluding tert-OH is 6. The van der Waals surface area contributed by atoms with Crippen LogP contribution in [-0.4, -0.2) is 118 Å². The monoisotopic (exact) mass is 551 g/mol. The molecule has 0 unspecified atom stereocenters. The number of nitrogens with one attached hydrogen (secondary N) is 1. The molecule has 2 rings (SSSR count). The van der Waals surface area contributed by atoms with Crippen LogP contribution in [0.3, 0.4) is 0 Å². The van der Waals surface area contributed by atoms with Gasteiger partial charge in [0.1, 0.15) is 48.8 Å². The lowest BCUT2D eigenvalue weighted by Crippen LogP contribution is -2.67. The zero-order chi connectivity index (χ0) is 28.1. The summed E-state index contributed by atoms with van der Waals surface area (Å²) in [6, 6.07) is -1.05. The van der Waals surface area contributed by atoms with Crippen molar-refractivity contribution in [1.29, 1.82) is 0 Å². The van der Waals surface area contributed by atoms with Gasteiger partial charge in [-0.05, 0) is 6.42 Å². The maximum atomic E-state index is 11.8. The summed E-state index contributed by atoms with van der Waals surface area (Å²) in [7, 11) is 0. The van der Waals surface area contributed by atoms with Gasteiger partial charge >= 0.3 is 0 Å². The number of carbonyl (C=O) groups is 1. The molecule has 0 spiro atoms. The van der Waals surface area contributed by atoms with E-state index in [4.69, 9.17) is 18.9 Å². The fraction of sp³-hybridized carbons (Fsp3) is 0.962. The molecule has 0 saturated carbocycles. The molecule has 2 aliphatic heterocycles. The van der Waals surface area contributed by atoms with E-state index >= 15 is 0 Å². The highest BCUT2D eigenvalue weighted by atomic mass is 16.7. The maximum absolute atomic E-state index is 11.8. The van der Waals surface area contributed by atoms with Crippen molar-refractivity contribution >= 4 is 5.91 Å². The first-order valence-corrected chi connectivity index (χ1v) is 14.0. The molecule has 1 amide bonds. The predicted molar refractivity (Wildman–Crippen MR) is 136 cm³/mol. The minimum atomic E-state index is -1.70. The quantitative estimate of drug-likeness (QED) is 0.118. The summed E-state index contributed by atoms with van der Waals surface area (Å²) < 4.78 is 22.7. The van der Waals surface area contributed by atoms with E-state index in [1.807, 2.05) is 0 Å². The minimum absolute atomic E-state index is 0.334. The zero-order valence-corrected chi connectivity index (χ0v) is 22.7. The first kappa shape index (κ1) is 33.3. The van der Waals surface area contributed by atoms with E-state index in [0.29, 0.717) is 6.61 Å². The number of unbranched alkanes of at least 4 members (excludes halogenated alkanes) is 9. The molecule has 12 nitrogen and oxygen atoms in total. The summed E-state index contributed by atoms with van der Waals surface area (Å²) in [6.07, 6.45) is -0.997.